The van der Waals surface area contributed by atoms with Gasteiger partial charge in [-0.1, -0.05) is 110 Å². The molecule has 0 aliphatic rings. The van der Waals surface area contributed by atoms with Crippen molar-refractivity contribution in [2.45, 2.75) is 19.8 Å². The van der Waals surface area contributed by atoms with Gasteiger partial charge < -0.3 is 5.32 Å². The van der Waals surface area contributed by atoms with Gasteiger partial charge in [0.2, 0.25) is 0 Å². The van der Waals surface area contributed by atoms with Gasteiger partial charge in [0, 0.05) is 16.8 Å². The highest BCUT2D eigenvalue weighted by atomic mass is 15.0. The summed E-state index contributed by atoms with van der Waals surface area (Å²) in [6.45, 7) is 2.20. The number of hydrogen-bond donors (Lipinski definition) is 2. The van der Waals surface area contributed by atoms with Crippen LogP contribution in [0.5, 0.6) is 0 Å². The summed E-state index contributed by atoms with van der Waals surface area (Å²) in [5, 5.41) is 14.8. The summed E-state index contributed by atoms with van der Waals surface area (Å²) in [6.07, 6.45) is 2.19. The van der Waals surface area contributed by atoms with E-state index >= 15 is 0 Å². The summed E-state index contributed by atoms with van der Waals surface area (Å²) in [5.41, 5.74) is 6.09. The van der Waals surface area contributed by atoms with Gasteiger partial charge in [0.05, 0.1) is 0 Å². The second kappa shape index (κ2) is 10.8. The van der Waals surface area contributed by atoms with E-state index in [4.69, 9.17) is 10.4 Å². The molecule has 0 fully saturated rings. The second-order valence-electron chi connectivity index (χ2n) is 8.86. The van der Waals surface area contributed by atoms with Gasteiger partial charge in [-0.2, -0.15) is 0 Å². The molecule has 0 amide bonds. The monoisotopic (exact) mass is 467 g/mol. The highest BCUT2D eigenvalue weighted by Crippen LogP contribution is 2.30. The second-order valence-corrected chi connectivity index (χ2v) is 8.86. The molecule has 0 aliphatic heterocycles. The molecule has 0 heterocycles. The summed E-state index contributed by atoms with van der Waals surface area (Å²) >= 11 is 0. The number of fused-ring (bicyclic) bond motifs is 1. The van der Waals surface area contributed by atoms with E-state index in [-0.39, 0.29) is 5.84 Å². The number of nitrogens with zero attached hydrogens (tertiary/aromatic N) is 1. The predicted molar refractivity (Wildman–Crippen MR) is 153 cm³/mol. The topological polar surface area (TPSA) is 48.2 Å². The van der Waals surface area contributed by atoms with Crippen molar-refractivity contribution in [3.8, 4) is 11.1 Å². The van der Waals surface area contributed by atoms with E-state index in [2.05, 4.69) is 66.8 Å². The quantitative estimate of drug-likeness (QED) is 0.191. The van der Waals surface area contributed by atoms with Gasteiger partial charge in [-0.25, -0.2) is 4.99 Å². The first-order chi connectivity index (χ1) is 17.7. The van der Waals surface area contributed by atoms with Crippen LogP contribution < -0.4 is 5.32 Å². The molecule has 176 valence electrons. The fourth-order valence-corrected chi connectivity index (χ4v) is 4.41. The van der Waals surface area contributed by atoms with Crippen molar-refractivity contribution < 1.29 is 0 Å². The molecule has 3 heteroatoms. The average Bonchev–Trinajstić information content (AvgIpc) is 2.93. The summed E-state index contributed by atoms with van der Waals surface area (Å²) in [7, 11) is 0. The zero-order valence-corrected chi connectivity index (χ0v) is 20.4. The number of aliphatic imine (C=N–C) groups is 1. The third kappa shape index (κ3) is 5.26. The van der Waals surface area contributed by atoms with E-state index in [0.717, 1.165) is 51.6 Å². The van der Waals surface area contributed by atoms with Crippen molar-refractivity contribution in [1.82, 2.24) is 0 Å². The average molecular weight is 468 g/mol. The number of nitrogens with one attached hydrogen (secondary N) is 2. The molecule has 0 aromatic heterocycles. The van der Waals surface area contributed by atoms with Gasteiger partial charge in [0.25, 0.3) is 0 Å². The highest BCUT2D eigenvalue weighted by Gasteiger charge is 2.14. The Morgan fingerprint density at radius 1 is 0.722 bits per heavy atom. The number of anilines is 1. The SMILES string of the molecule is CCCc1ccc(-c2cc3ccccc3cc2C(=N)/N=C(\Nc2ccccc2)c2ccccc2)cc1. The lowest BCUT2D eigenvalue weighted by Crippen LogP contribution is -2.16. The molecule has 0 bridgehead atoms. The number of benzene rings is 5. The lowest BCUT2D eigenvalue weighted by Gasteiger charge is -2.14. The largest absolute Gasteiger partial charge is 0.340 e. The fraction of sp³-hybridized carbons (Fsp3) is 0.0909. The lowest BCUT2D eigenvalue weighted by molar-refractivity contribution is 0.922. The summed E-state index contributed by atoms with van der Waals surface area (Å²) in [6, 6.07) is 41.2. The molecular formula is C33H29N3. The molecule has 0 unspecified atom stereocenters. The van der Waals surface area contributed by atoms with Crippen LogP contribution in [-0.4, -0.2) is 11.7 Å². The number of hydrogen-bond acceptors (Lipinski definition) is 1. The van der Waals surface area contributed by atoms with Crippen LogP contribution in [0.15, 0.2) is 126 Å². The van der Waals surface area contributed by atoms with Crippen LogP contribution in [0.1, 0.15) is 30.0 Å². The van der Waals surface area contributed by atoms with Crippen LogP contribution in [0.2, 0.25) is 0 Å². The number of aryl methyl sites for hydroxylation is 1. The molecule has 36 heavy (non-hydrogen) atoms. The molecule has 0 radical (unpaired) electrons. The molecule has 5 rings (SSSR count). The van der Waals surface area contributed by atoms with Crippen LogP contribution >= 0.6 is 0 Å². The third-order valence-electron chi connectivity index (χ3n) is 6.25. The van der Waals surface area contributed by atoms with Gasteiger partial charge in [-0.3, -0.25) is 5.41 Å². The fourth-order valence-electron chi connectivity index (χ4n) is 4.41. The van der Waals surface area contributed by atoms with Crippen molar-refractivity contribution in [3.63, 3.8) is 0 Å². The molecule has 0 spiro atoms. The van der Waals surface area contributed by atoms with Crippen molar-refractivity contribution in [3.05, 3.63) is 138 Å². The zero-order chi connectivity index (χ0) is 24.7. The number of rotatable bonds is 6. The lowest BCUT2D eigenvalue weighted by atomic mass is 9.94. The maximum absolute atomic E-state index is 9.12. The van der Waals surface area contributed by atoms with Gasteiger partial charge in [-0.15, -0.1) is 0 Å². The van der Waals surface area contributed by atoms with Gasteiger partial charge >= 0.3 is 0 Å². The first-order valence-electron chi connectivity index (χ1n) is 12.4. The Morgan fingerprint density at radius 2 is 1.33 bits per heavy atom. The van der Waals surface area contributed by atoms with Crippen molar-refractivity contribution in [1.29, 1.82) is 5.41 Å². The van der Waals surface area contributed by atoms with Gasteiger partial charge in [0.15, 0.2) is 5.84 Å². The Kier molecular flexibility index (Phi) is 7.00. The van der Waals surface area contributed by atoms with Crippen molar-refractivity contribution in [2.24, 2.45) is 4.99 Å². The molecule has 5 aromatic rings. The smallest absolute Gasteiger partial charge is 0.154 e. The van der Waals surface area contributed by atoms with E-state index in [9.17, 15) is 0 Å². The Labute approximate surface area is 212 Å². The Bertz CT molecular complexity index is 1500. The molecule has 0 saturated heterocycles. The number of para-hydroxylation sites is 1. The Morgan fingerprint density at radius 3 is 2.00 bits per heavy atom. The first kappa shape index (κ1) is 23.3. The first-order valence-corrected chi connectivity index (χ1v) is 12.4. The minimum Gasteiger partial charge on any atom is -0.340 e. The summed E-state index contributed by atoms with van der Waals surface area (Å²) < 4.78 is 0. The Balaban J connectivity index is 1.61. The van der Waals surface area contributed by atoms with Gasteiger partial charge in [-0.05, 0) is 58.1 Å². The molecule has 5 aromatic carbocycles. The standard InChI is InChI=1S/C33H29N3/c1-2-11-24-18-20-25(21-19-24)30-22-27-14-9-10-15-28(27)23-31(30)32(34)36-33(26-12-5-3-6-13-26)35-29-16-7-4-8-17-29/h3-10,12-23H,2,11H2,1H3,(H2,34,35,36). The van der Waals surface area contributed by atoms with E-state index in [0.29, 0.717) is 5.84 Å². The Hall–Kier alpha value is -4.50. The van der Waals surface area contributed by atoms with E-state index in [1.807, 2.05) is 66.7 Å². The van der Waals surface area contributed by atoms with Crippen LogP contribution in [0.25, 0.3) is 21.9 Å². The van der Waals surface area contributed by atoms with Crippen LogP contribution in [0.4, 0.5) is 5.69 Å². The summed E-state index contributed by atoms with van der Waals surface area (Å²) in [4.78, 5) is 4.84. The van der Waals surface area contributed by atoms with Crippen LogP contribution in [-0.2, 0) is 6.42 Å². The zero-order valence-electron chi connectivity index (χ0n) is 20.4. The molecule has 0 saturated carbocycles. The van der Waals surface area contributed by atoms with Crippen LogP contribution in [0, 0.1) is 5.41 Å². The van der Waals surface area contributed by atoms with E-state index in [1.165, 1.54) is 5.56 Å². The highest BCUT2D eigenvalue weighted by molar-refractivity contribution is 6.18. The van der Waals surface area contributed by atoms with E-state index < -0.39 is 0 Å². The number of amidine groups is 2. The molecular weight excluding hydrogens is 438 g/mol. The minimum absolute atomic E-state index is 0.218. The third-order valence-corrected chi connectivity index (χ3v) is 6.25. The van der Waals surface area contributed by atoms with Crippen molar-refractivity contribution >= 4 is 28.1 Å². The predicted octanol–water partition coefficient (Wildman–Crippen LogP) is 8.34. The summed E-state index contributed by atoms with van der Waals surface area (Å²) in [5.74, 6) is 0.861. The van der Waals surface area contributed by atoms with Gasteiger partial charge in [0.1, 0.15) is 5.84 Å². The maximum atomic E-state index is 9.12. The normalized spacial score (nSPS) is 11.4. The van der Waals surface area contributed by atoms with Crippen molar-refractivity contribution in [2.75, 3.05) is 5.32 Å². The van der Waals surface area contributed by atoms with E-state index in [1.54, 1.807) is 0 Å². The molecule has 3 nitrogen and oxygen atoms in total. The molecule has 0 aliphatic carbocycles. The molecule has 0 atom stereocenters. The molecule has 2 N–H and O–H groups in total. The maximum Gasteiger partial charge on any atom is 0.154 e. The van der Waals surface area contributed by atoms with Crippen LogP contribution in [0.3, 0.4) is 0 Å². The minimum atomic E-state index is 0.218.